The number of nitrogens with zero attached hydrogens (tertiary/aromatic N) is 1. The van der Waals surface area contributed by atoms with Gasteiger partial charge in [-0.1, -0.05) is 18.2 Å². The number of aliphatic hydroxyl groups excluding tert-OH is 1. The van der Waals surface area contributed by atoms with Gasteiger partial charge in [0.25, 0.3) is 0 Å². The van der Waals surface area contributed by atoms with Gasteiger partial charge in [0.1, 0.15) is 30.0 Å². The molecule has 0 amide bonds. The van der Waals surface area contributed by atoms with Crippen LogP contribution in [0.4, 0.5) is 4.39 Å². The highest BCUT2D eigenvalue weighted by atomic mass is 19.1. The number of hydrogen-bond acceptors (Lipinski definition) is 5. The molecule has 1 heterocycles. The summed E-state index contributed by atoms with van der Waals surface area (Å²) in [5, 5.41) is 10.3. The summed E-state index contributed by atoms with van der Waals surface area (Å²) in [6.45, 7) is 2.54. The van der Waals surface area contributed by atoms with Crippen LogP contribution in [0.2, 0.25) is 0 Å². The van der Waals surface area contributed by atoms with Crippen LogP contribution in [-0.4, -0.2) is 56.1 Å². The maximum atomic E-state index is 13.4. The van der Waals surface area contributed by atoms with Crippen LogP contribution in [0.15, 0.2) is 48.5 Å². The normalized spacial score (nSPS) is 19.1. The van der Waals surface area contributed by atoms with Gasteiger partial charge in [-0.3, -0.25) is 4.90 Å². The molecule has 1 N–H and O–H groups in total. The van der Waals surface area contributed by atoms with E-state index in [4.69, 9.17) is 14.2 Å². The molecule has 2 aromatic carbocycles. The number of benzene rings is 2. The lowest BCUT2D eigenvalue weighted by molar-refractivity contribution is -0.0460. The first-order valence-corrected chi connectivity index (χ1v) is 8.68. The molecule has 0 radical (unpaired) electrons. The van der Waals surface area contributed by atoms with E-state index in [9.17, 15) is 9.50 Å². The van der Waals surface area contributed by atoms with Crippen LogP contribution >= 0.6 is 0 Å². The largest absolute Gasteiger partial charge is 0.497 e. The van der Waals surface area contributed by atoms with Crippen molar-refractivity contribution in [2.45, 2.75) is 12.2 Å². The summed E-state index contributed by atoms with van der Waals surface area (Å²) >= 11 is 0. The first-order chi connectivity index (χ1) is 12.6. The Morgan fingerprint density at radius 2 is 2.04 bits per heavy atom. The SMILES string of the molecule is COc1cccc(OCC(O)CN2CCOC(c3cccc(F)c3)C2)c1. The van der Waals surface area contributed by atoms with E-state index in [-0.39, 0.29) is 18.5 Å². The van der Waals surface area contributed by atoms with Crippen LogP contribution in [0.25, 0.3) is 0 Å². The molecule has 5 nitrogen and oxygen atoms in total. The van der Waals surface area contributed by atoms with Gasteiger partial charge in [0.05, 0.1) is 19.8 Å². The van der Waals surface area contributed by atoms with Crippen LogP contribution in [0, 0.1) is 5.82 Å². The quantitative estimate of drug-likeness (QED) is 0.822. The van der Waals surface area contributed by atoms with Crippen LogP contribution < -0.4 is 9.47 Å². The van der Waals surface area contributed by atoms with Crippen molar-refractivity contribution in [2.24, 2.45) is 0 Å². The number of aliphatic hydroxyl groups is 1. The van der Waals surface area contributed by atoms with Crippen LogP contribution in [0.3, 0.4) is 0 Å². The topological polar surface area (TPSA) is 51.2 Å². The van der Waals surface area contributed by atoms with Gasteiger partial charge in [0, 0.05) is 25.7 Å². The number of methoxy groups -OCH3 is 1. The third kappa shape index (κ3) is 5.17. The molecule has 26 heavy (non-hydrogen) atoms. The van der Waals surface area contributed by atoms with E-state index in [0.717, 1.165) is 12.1 Å². The van der Waals surface area contributed by atoms with Crippen molar-refractivity contribution in [1.29, 1.82) is 0 Å². The molecule has 0 spiro atoms. The highest BCUT2D eigenvalue weighted by molar-refractivity contribution is 5.32. The number of halogens is 1. The van der Waals surface area contributed by atoms with Gasteiger partial charge in [-0.25, -0.2) is 4.39 Å². The fraction of sp³-hybridized carbons (Fsp3) is 0.400. The van der Waals surface area contributed by atoms with Crippen LogP contribution in [0.5, 0.6) is 11.5 Å². The van der Waals surface area contributed by atoms with Crippen molar-refractivity contribution < 1.29 is 23.7 Å². The Labute approximate surface area is 152 Å². The summed E-state index contributed by atoms with van der Waals surface area (Å²) in [6, 6.07) is 13.7. The van der Waals surface area contributed by atoms with E-state index in [1.54, 1.807) is 19.2 Å². The third-order valence-corrected chi connectivity index (χ3v) is 4.32. The molecule has 0 bridgehead atoms. The highest BCUT2D eigenvalue weighted by Gasteiger charge is 2.24. The Balaban J connectivity index is 1.49. The molecule has 6 heteroatoms. The Morgan fingerprint density at radius 3 is 2.85 bits per heavy atom. The molecule has 0 aliphatic carbocycles. The average Bonchev–Trinajstić information content (AvgIpc) is 2.67. The first kappa shape index (κ1) is 18.6. The van der Waals surface area contributed by atoms with E-state index >= 15 is 0 Å². The summed E-state index contributed by atoms with van der Waals surface area (Å²) in [5.41, 5.74) is 0.817. The molecule has 2 unspecified atom stereocenters. The molecule has 2 atom stereocenters. The van der Waals surface area contributed by atoms with Crippen molar-refractivity contribution in [3.05, 3.63) is 59.9 Å². The fourth-order valence-corrected chi connectivity index (χ4v) is 3.01. The summed E-state index contributed by atoms with van der Waals surface area (Å²) in [6.07, 6.45) is -0.821. The number of hydrogen-bond donors (Lipinski definition) is 1. The second-order valence-electron chi connectivity index (χ2n) is 6.32. The Bertz CT molecular complexity index is 712. The molecule has 1 fully saturated rings. The zero-order valence-electron chi connectivity index (χ0n) is 14.8. The van der Waals surface area contributed by atoms with E-state index in [0.29, 0.717) is 31.2 Å². The summed E-state index contributed by atoms with van der Waals surface area (Å²) < 4.78 is 30.0. The minimum atomic E-state index is -0.632. The van der Waals surface area contributed by atoms with Crippen molar-refractivity contribution in [3.63, 3.8) is 0 Å². The predicted molar refractivity (Wildman–Crippen MR) is 96.0 cm³/mol. The number of β-amino-alcohol motifs (C(OH)–C–C–N with tert-alkyl or cyclic N) is 1. The van der Waals surface area contributed by atoms with Gasteiger partial charge in [-0.15, -0.1) is 0 Å². The predicted octanol–water partition coefficient (Wildman–Crippen LogP) is 2.65. The van der Waals surface area contributed by atoms with Gasteiger partial charge in [0.15, 0.2) is 0 Å². The minimum absolute atomic E-state index is 0.189. The molecule has 1 aliphatic heterocycles. The smallest absolute Gasteiger partial charge is 0.123 e. The second-order valence-corrected chi connectivity index (χ2v) is 6.32. The molecule has 2 aromatic rings. The molecule has 3 rings (SSSR count). The van der Waals surface area contributed by atoms with E-state index in [1.165, 1.54) is 12.1 Å². The molecule has 0 saturated carbocycles. The lowest BCUT2D eigenvalue weighted by Crippen LogP contribution is -2.43. The van der Waals surface area contributed by atoms with Gasteiger partial charge in [-0.2, -0.15) is 0 Å². The Morgan fingerprint density at radius 1 is 1.23 bits per heavy atom. The van der Waals surface area contributed by atoms with E-state index < -0.39 is 6.10 Å². The van der Waals surface area contributed by atoms with Gasteiger partial charge < -0.3 is 19.3 Å². The average molecular weight is 361 g/mol. The van der Waals surface area contributed by atoms with Gasteiger partial charge >= 0.3 is 0 Å². The molecular weight excluding hydrogens is 337 g/mol. The Hall–Kier alpha value is -2.15. The maximum absolute atomic E-state index is 13.4. The second kappa shape index (κ2) is 8.98. The van der Waals surface area contributed by atoms with Gasteiger partial charge in [0.2, 0.25) is 0 Å². The minimum Gasteiger partial charge on any atom is -0.497 e. The monoisotopic (exact) mass is 361 g/mol. The number of ether oxygens (including phenoxy) is 3. The van der Waals surface area contributed by atoms with Crippen LogP contribution in [-0.2, 0) is 4.74 Å². The van der Waals surface area contributed by atoms with E-state index in [1.807, 2.05) is 24.3 Å². The van der Waals surface area contributed by atoms with E-state index in [2.05, 4.69) is 4.90 Å². The van der Waals surface area contributed by atoms with Crippen molar-refractivity contribution in [3.8, 4) is 11.5 Å². The number of morpholine rings is 1. The molecular formula is C20H24FNO4. The number of rotatable bonds is 7. The zero-order chi connectivity index (χ0) is 18.4. The summed E-state index contributed by atoms with van der Waals surface area (Å²) in [7, 11) is 1.60. The zero-order valence-corrected chi connectivity index (χ0v) is 14.8. The fourth-order valence-electron chi connectivity index (χ4n) is 3.01. The standard InChI is InChI=1S/C20H24FNO4/c1-24-18-6-3-7-19(11-18)26-14-17(23)12-22-8-9-25-20(13-22)15-4-2-5-16(21)10-15/h2-7,10-11,17,20,23H,8-9,12-14H2,1H3. The maximum Gasteiger partial charge on any atom is 0.123 e. The molecule has 1 saturated heterocycles. The highest BCUT2D eigenvalue weighted by Crippen LogP contribution is 2.23. The van der Waals surface area contributed by atoms with Crippen molar-refractivity contribution in [1.82, 2.24) is 4.90 Å². The van der Waals surface area contributed by atoms with Gasteiger partial charge in [-0.05, 0) is 29.8 Å². The third-order valence-electron chi connectivity index (χ3n) is 4.32. The van der Waals surface area contributed by atoms with Crippen molar-refractivity contribution in [2.75, 3.05) is 40.0 Å². The lowest BCUT2D eigenvalue weighted by Gasteiger charge is -2.34. The van der Waals surface area contributed by atoms with Crippen LogP contribution in [0.1, 0.15) is 11.7 Å². The molecule has 1 aliphatic rings. The Kier molecular flexibility index (Phi) is 6.44. The summed E-state index contributed by atoms with van der Waals surface area (Å²) in [4.78, 5) is 2.11. The summed E-state index contributed by atoms with van der Waals surface area (Å²) in [5.74, 6) is 1.10. The first-order valence-electron chi connectivity index (χ1n) is 8.68. The van der Waals surface area contributed by atoms with Crippen molar-refractivity contribution >= 4 is 0 Å². The molecule has 0 aromatic heterocycles. The molecule has 140 valence electrons. The lowest BCUT2D eigenvalue weighted by atomic mass is 10.1.